The first kappa shape index (κ1) is 17.4. The number of nitrogens with zero attached hydrogens (tertiary/aromatic N) is 3. The maximum Gasteiger partial charge on any atom is 0.287 e. The van der Waals surface area contributed by atoms with E-state index in [2.05, 4.69) is 36.4 Å². The first-order valence-electron chi connectivity index (χ1n) is 7.94. The second-order valence-corrected chi connectivity index (χ2v) is 8.14. The van der Waals surface area contributed by atoms with Crippen molar-refractivity contribution in [2.45, 2.75) is 46.6 Å². The predicted molar refractivity (Wildman–Crippen MR) is 93.3 cm³/mol. The molecule has 2 fully saturated rings. The monoisotopic (exact) mass is 370 g/mol. The van der Waals surface area contributed by atoms with Gasteiger partial charge in [0.15, 0.2) is 0 Å². The zero-order valence-corrected chi connectivity index (χ0v) is 15.4. The number of aromatic nitrogens is 2. The first-order chi connectivity index (χ1) is 11.2. The molecule has 0 spiro atoms. The van der Waals surface area contributed by atoms with E-state index >= 15 is 0 Å². The highest BCUT2D eigenvalue weighted by molar-refractivity contribution is 6.41. The third kappa shape index (κ3) is 2.56. The van der Waals surface area contributed by atoms with Gasteiger partial charge in [-0.2, -0.15) is 10.2 Å². The number of hydrogen-bond donors (Lipinski definition) is 1. The average Bonchev–Trinajstić information content (AvgIpc) is 2.86. The molecular formula is C16H20Cl2N4O2. The molecule has 2 bridgehead atoms. The molecule has 0 radical (unpaired) electrons. The Balaban J connectivity index is 1.71. The third-order valence-corrected chi connectivity index (χ3v) is 6.81. The summed E-state index contributed by atoms with van der Waals surface area (Å²) in [6, 6.07) is 0. The molecule has 2 aliphatic rings. The Kier molecular flexibility index (Phi) is 4.24. The van der Waals surface area contributed by atoms with E-state index in [0.29, 0.717) is 5.92 Å². The summed E-state index contributed by atoms with van der Waals surface area (Å²) in [5.41, 5.74) is 3.20. The maximum absolute atomic E-state index is 12.1. The summed E-state index contributed by atoms with van der Waals surface area (Å²) >= 11 is 11.5. The predicted octanol–water partition coefficient (Wildman–Crippen LogP) is 2.87. The lowest BCUT2D eigenvalue weighted by Gasteiger charge is -2.34. The van der Waals surface area contributed by atoms with Crippen molar-refractivity contribution >= 4 is 34.8 Å². The van der Waals surface area contributed by atoms with Crippen LogP contribution in [-0.2, 0) is 11.3 Å². The van der Waals surface area contributed by atoms with Crippen LogP contribution in [0.1, 0.15) is 40.0 Å². The molecule has 1 aromatic rings. The van der Waals surface area contributed by atoms with Gasteiger partial charge < -0.3 is 0 Å². The molecule has 0 aliphatic heterocycles. The van der Waals surface area contributed by atoms with Crippen molar-refractivity contribution in [1.29, 1.82) is 0 Å². The smallest absolute Gasteiger partial charge is 0.271 e. The van der Waals surface area contributed by atoms with Gasteiger partial charge >= 0.3 is 0 Å². The molecule has 1 amide bonds. The molecule has 2 aliphatic carbocycles. The fourth-order valence-electron chi connectivity index (χ4n) is 3.96. The van der Waals surface area contributed by atoms with Crippen LogP contribution >= 0.6 is 23.2 Å². The number of nitrogens with one attached hydrogen (secondary N) is 1. The number of carbonyl (C=O) groups excluding carboxylic acids is 1. The number of hydrazone groups is 1. The molecule has 1 N–H and O–H groups in total. The molecule has 2 atom stereocenters. The minimum atomic E-state index is -0.597. The molecule has 24 heavy (non-hydrogen) atoms. The largest absolute Gasteiger partial charge is 0.287 e. The number of amides is 1. The van der Waals surface area contributed by atoms with E-state index in [4.69, 9.17) is 23.2 Å². The molecule has 1 aromatic heterocycles. The minimum absolute atomic E-state index is 0.0175. The van der Waals surface area contributed by atoms with Crippen molar-refractivity contribution in [3.63, 3.8) is 0 Å². The molecule has 0 aromatic carbocycles. The van der Waals surface area contributed by atoms with Crippen LogP contribution in [0.2, 0.25) is 10.0 Å². The van der Waals surface area contributed by atoms with Gasteiger partial charge in [0.05, 0.1) is 11.2 Å². The van der Waals surface area contributed by atoms with Crippen LogP contribution in [0, 0.1) is 16.7 Å². The highest BCUT2D eigenvalue weighted by Gasteiger charge is 2.59. The van der Waals surface area contributed by atoms with Crippen molar-refractivity contribution in [3.05, 3.63) is 26.6 Å². The van der Waals surface area contributed by atoms with E-state index in [1.807, 2.05) is 0 Å². The van der Waals surface area contributed by atoms with Crippen LogP contribution in [0.3, 0.4) is 0 Å². The number of rotatable bonds is 3. The van der Waals surface area contributed by atoms with E-state index < -0.39 is 11.5 Å². The Bertz CT molecular complexity index is 787. The van der Waals surface area contributed by atoms with Gasteiger partial charge in [-0.25, -0.2) is 10.1 Å². The van der Waals surface area contributed by atoms with Crippen molar-refractivity contribution in [1.82, 2.24) is 15.2 Å². The molecule has 6 nitrogen and oxygen atoms in total. The molecule has 3 rings (SSSR count). The Morgan fingerprint density at radius 2 is 2.17 bits per heavy atom. The van der Waals surface area contributed by atoms with Crippen LogP contribution in [0.4, 0.5) is 0 Å². The van der Waals surface area contributed by atoms with Crippen molar-refractivity contribution < 1.29 is 4.79 Å². The lowest BCUT2D eigenvalue weighted by molar-refractivity contribution is -0.121. The second-order valence-electron chi connectivity index (χ2n) is 7.36. The summed E-state index contributed by atoms with van der Waals surface area (Å²) < 4.78 is 0.968. The molecule has 0 saturated heterocycles. The van der Waals surface area contributed by atoms with E-state index in [1.165, 1.54) is 12.6 Å². The lowest BCUT2D eigenvalue weighted by Crippen LogP contribution is -2.36. The van der Waals surface area contributed by atoms with Gasteiger partial charge in [0.2, 0.25) is 0 Å². The maximum atomic E-state index is 12.1. The van der Waals surface area contributed by atoms with Crippen LogP contribution in [-0.4, -0.2) is 21.4 Å². The van der Waals surface area contributed by atoms with Gasteiger partial charge in [-0.1, -0.05) is 44.0 Å². The zero-order valence-electron chi connectivity index (χ0n) is 13.9. The number of carbonyl (C=O) groups is 1. The van der Waals surface area contributed by atoms with E-state index in [-0.39, 0.29) is 27.4 Å². The number of fused-ring (bicyclic) bond motifs is 2. The summed E-state index contributed by atoms with van der Waals surface area (Å²) in [7, 11) is 0. The van der Waals surface area contributed by atoms with Gasteiger partial charge in [0.25, 0.3) is 11.5 Å². The van der Waals surface area contributed by atoms with Gasteiger partial charge in [0, 0.05) is 11.1 Å². The van der Waals surface area contributed by atoms with E-state index in [0.717, 1.165) is 23.2 Å². The fraction of sp³-hybridized carbons (Fsp3) is 0.625. The quantitative estimate of drug-likeness (QED) is 0.830. The van der Waals surface area contributed by atoms with Gasteiger partial charge in [-0.15, -0.1) is 0 Å². The Morgan fingerprint density at radius 3 is 2.75 bits per heavy atom. The first-order valence-corrected chi connectivity index (χ1v) is 8.69. The van der Waals surface area contributed by atoms with Crippen LogP contribution in [0.15, 0.2) is 16.1 Å². The van der Waals surface area contributed by atoms with Crippen molar-refractivity contribution in [2.24, 2.45) is 21.8 Å². The summed E-state index contributed by atoms with van der Waals surface area (Å²) in [6.07, 6.45) is 4.45. The van der Waals surface area contributed by atoms with Crippen LogP contribution < -0.4 is 11.0 Å². The van der Waals surface area contributed by atoms with E-state index in [9.17, 15) is 9.59 Å². The summed E-state index contributed by atoms with van der Waals surface area (Å²) in [5.74, 6) is 0.192. The lowest BCUT2D eigenvalue weighted by atomic mass is 9.70. The van der Waals surface area contributed by atoms with Gasteiger partial charge in [0.1, 0.15) is 11.6 Å². The molecule has 2 saturated carbocycles. The Morgan fingerprint density at radius 1 is 1.46 bits per heavy atom. The average molecular weight is 371 g/mol. The van der Waals surface area contributed by atoms with Crippen LogP contribution in [0.25, 0.3) is 0 Å². The molecule has 8 heteroatoms. The second kappa shape index (κ2) is 5.85. The van der Waals surface area contributed by atoms with Crippen LogP contribution in [0.5, 0.6) is 0 Å². The third-order valence-electron chi connectivity index (χ3n) is 6.06. The summed E-state index contributed by atoms with van der Waals surface area (Å²) in [6.45, 7) is 6.51. The summed E-state index contributed by atoms with van der Waals surface area (Å²) in [4.78, 5) is 24.0. The van der Waals surface area contributed by atoms with Gasteiger partial charge in [-0.05, 0) is 30.6 Å². The molecule has 2 unspecified atom stereocenters. The van der Waals surface area contributed by atoms with E-state index in [1.54, 1.807) is 0 Å². The Labute approximate surface area is 150 Å². The topological polar surface area (TPSA) is 76.3 Å². The Hall–Kier alpha value is -1.40. The highest BCUT2D eigenvalue weighted by Crippen LogP contribution is 2.63. The fourth-order valence-corrected chi connectivity index (χ4v) is 4.23. The molecule has 1 heterocycles. The minimum Gasteiger partial charge on any atom is -0.271 e. The number of halogens is 2. The van der Waals surface area contributed by atoms with Crippen molar-refractivity contribution in [2.75, 3.05) is 0 Å². The molecular weight excluding hydrogens is 351 g/mol. The zero-order chi connectivity index (χ0) is 17.7. The standard InChI is InChI=1S/C16H20Cl2N4O2/c1-15(2)9-4-5-16(15,3)11(6-9)20-21-12(23)8-22-14(24)13(18)10(17)7-19-22/h7,9H,4-6,8H2,1-3H3,(H,21,23). The SMILES string of the molecule is CC12CCC(CC1=NNC(=O)Cn1ncc(Cl)c(Cl)c1=O)C2(C)C. The normalized spacial score (nSPS) is 29.2. The van der Waals surface area contributed by atoms with Crippen molar-refractivity contribution in [3.8, 4) is 0 Å². The molecule has 130 valence electrons. The summed E-state index contributed by atoms with van der Waals surface area (Å²) in [5, 5.41) is 8.09. The van der Waals surface area contributed by atoms with Gasteiger partial charge in [-0.3, -0.25) is 9.59 Å². The number of hydrogen-bond acceptors (Lipinski definition) is 4. The highest BCUT2D eigenvalue weighted by atomic mass is 35.5.